The van der Waals surface area contributed by atoms with E-state index < -0.39 is 11.9 Å². The van der Waals surface area contributed by atoms with Crippen LogP contribution in [0.15, 0.2) is 47.4 Å². The quantitative estimate of drug-likeness (QED) is 0.821. The Morgan fingerprint density at radius 2 is 2.04 bits per heavy atom. The Bertz CT molecular complexity index is 1020. The van der Waals surface area contributed by atoms with Crippen molar-refractivity contribution < 1.29 is 14.3 Å². The Balaban J connectivity index is 2.30. The molecule has 1 atom stereocenters. The number of carbonyl (C=O) groups excluding carboxylic acids is 1. The molecule has 0 saturated heterocycles. The van der Waals surface area contributed by atoms with Gasteiger partial charge in [0.1, 0.15) is 17.3 Å². The van der Waals surface area contributed by atoms with Gasteiger partial charge in [0.25, 0.3) is 0 Å². The maximum absolute atomic E-state index is 13.0. The predicted molar refractivity (Wildman–Crippen MR) is 103 cm³/mol. The summed E-state index contributed by atoms with van der Waals surface area (Å²) in [6.07, 6.45) is 0. The minimum atomic E-state index is -0.691. The highest BCUT2D eigenvalue weighted by Gasteiger charge is 2.39. The molecule has 0 amide bonds. The number of hydrogen-bond acceptors (Lipinski definition) is 6. The van der Waals surface area contributed by atoms with Crippen LogP contribution in [0.1, 0.15) is 35.4 Å². The average Bonchev–Trinajstić information content (AvgIpc) is 2.99. The molecule has 0 spiro atoms. The van der Waals surface area contributed by atoms with Gasteiger partial charge in [-0.3, -0.25) is 4.68 Å². The number of nitrogens with zero attached hydrogens (tertiary/aromatic N) is 3. The van der Waals surface area contributed by atoms with Crippen LogP contribution in [0.25, 0.3) is 5.76 Å². The van der Waals surface area contributed by atoms with Crippen LogP contribution in [0.4, 0.5) is 0 Å². The summed E-state index contributed by atoms with van der Waals surface area (Å²) in [4.78, 5) is 13.0. The van der Waals surface area contributed by atoms with Crippen molar-refractivity contribution in [2.75, 3.05) is 6.61 Å². The molecule has 0 radical (unpaired) electrons. The van der Waals surface area contributed by atoms with Crippen molar-refractivity contribution in [2.45, 2.75) is 26.7 Å². The minimum absolute atomic E-state index is 0.0324. The van der Waals surface area contributed by atoms with Crippen LogP contribution in [0.3, 0.4) is 0 Å². The van der Waals surface area contributed by atoms with Crippen LogP contribution >= 0.6 is 0 Å². The molecule has 0 aliphatic carbocycles. The molecule has 3 rings (SSSR count). The second kappa shape index (κ2) is 7.61. The standard InChI is InChI=1S/C21H22N4O3/c1-5-27-21(26)18-17(14-8-6-12(2)7-9-14)15(11-22)20(23)28-19(18)16-10-13(3)24-25(16)4/h6-10,17H,5,23H2,1-4H3/t17-/m1/s1. The van der Waals surface area contributed by atoms with Crippen molar-refractivity contribution >= 4 is 11.7 Å². The summed E-state index contributed by atoms with van der Waals surface area (Å²) < 4.78 is 12.7. The average molecular weight is 378 g/mol. The number of hydrogen-bond donors (Lipinski definition) is 1. The fourth-order valence-corrected chi connectivity index (χ4v) is 3.28. The van der Waals surface area contributed by atoms with E-state index in [1.54, 1.807) is 24.7 Å². The van der Waals surface area contributed by atoms with Crippen molar-refractivity contribution in [3.8, 4) is 6.07 Å². The van der Waals surface area contributed by atoms with Gasteiger partial charge in [0, 0.05) is 7.05 Å². The first-order valence-corrected chi connectivity index (χ1v) is 8.93. The van der Waals surface area contributed by atoms with E-state index in [0.717, 1.165) is 16.8 Å². The van der Waals surface area contributed by atoms with Gasteiger partial charge in [-0.1, -0.05) is 29.8 Å². The molecule has 0 fully saturated rings. The van der Waals surface area contributed by atoms with Crippen LogP contribution < -0.4 is 5.73 Å². The normalized spacial score (nSPS) is 16.6. The minimum Gasteiger partial charge on any atom is -0.463 e. The molecule has 1 aromatic heterocycles. The maximum Gasteiger partial charge on any atom is 0.338 e. The van der Waals surface area contributed by atoms with Crippen LogP contribution in [0.2, 0.25) is 0 Å². The Kier molecular flexibility index (Phi) is 5.23. The summed E-state index contributed by atoms with van der Waals surface area (Å²) in [6, 6.07) is 11.5. The summed E-state index contributed by atoms with van der Waals surface area (Å²) in [5, 5.41) is 14.1. The molecule has 0 saturated carbocycles. The Hall–Kier alpha value is -3.53. The summed E-state index contributed by atoms with van der Waals surface area (Å²) in [5.41, 5.74) is 9.66. The first kappa shape index (κ1) is 19.2. The third-order valence-corrected chi connectivity index (χ3v) is 4.56. The highest BCUT2D eigenvalue weighted by Crippen LogP contribution is 2.42. The first-order valence-electron chi connectivity index (χ1n) is 8.93. The molecule has 0 unspecified atom stereocenters. The van der Waals surface area contributed by atoms with E-state index in [1.165, 1.54) is 0 Å². The van der Waals surface area contributed by atoms with Gasteiger partial charge in [-0.05, 0) is 32.4 Å². The van der Waals surface area contributed by atoms with Crippen molar-refractivity contribution in [1.29, 1.82) is 5.26 Å². The number of aryl methyl sites for hydroxylation is 3. The van der Waals surface area contributed by atoms with E-state index in [0.29, 0.717) is 5.69 Å². The number of allylic oxidation sites excluding steroid dienone is 1. The number of benzene rings is 1. The van der Waals surface area contributed by atoms with Gasteiger partial charge in [0.15, 0.2) is 5.76 Å². The lowest BCUT2D eigenvalue weighted by Gasteiger charge is -2.28. The van der Waals surface area contributed by atoms with E-state index in [-0.39, 0.29) is 29.4 Å². The van der Waals surface area contributed by atoms with Gasteiger partial charge >= 0.3 is 5.97 Å². The van der Waals surface area contributed by atoms with Gasteiger partial charge in [-0.15, -0.1) is 0 Å². The number of carbonyl (C=O) groups is 1. The molecule has 1 aromatic carbocycles. The molecule has 2 heterocycles. The number of rotatable bonds is 4. The number of esters is 1. The molecule has 144 valence electrons. The second-order valence-corrected chi connectivity index (χ2v) is 6.59. The first-order chi connectivity index (χ1) is 13.4. The number of ether oxygens (including phenoxy) is 2. The Morgan fingerprint density at radius 3 is 2.57 bits per heavy atom. The molecule has 1 aliphatic heterocycles. The number of nitriles is 1. The zero-order valence-electron chi connectivity index (χ0n) is 16.3. The summed E-state index contributed by atoms with van der Waals surface area (Å²) >= 11 is 0. The Morgan fingerprint density at radius 1 is 1.36 bits per heavy atom. The van der Waals surface area contributed by atoms with Crippen molar-refractivity contribution in [3.63, 3.8) is 0 Å². The van der Waals surface area contributed by atoms with E-state index in [9.17, 15) is 10.1 Å². The summed E-state index contributed by atoms with van der Waals surface area (Å²) in [5.74, 6) is -1.02. The van der Waals surface area contributed by atoms with Gasteiger partial charge in [0.2, 0.25) is 5.88 Å². The molecule has 7 nitrogen and oxygen atoms in total. The molecule has 28 heavy (non-hydrogen) atoms. The van der Waals surface area contributed by atoms with Crippen LogP contribution in [0.5, 0.6) is 0 Å². The zero-order chi connectivity index (χ0) is 20.4. The molecular weight excluding hydrogens is 356 g/mol. The lowest BCUT2D eigenvalue weighted by Crippen LogP contribution is -2.26. The van der Waals surface area contributed by atoms with Gasteiger partial charge in [-0.25, -0.2) is 4.79 Å². The van der Waals surface area contributed by atoms with Crippen LogP contribution in [-0.2, 0) is 21.3 Å². The van der Waals surface area contributed by atoms with E-state index in [1.807, 2.05) is 38.1 Å². The molecular formula is C21H22N4O3. The van der Waals surface area contributed by atoms with Crippen LogP contribution in [0, 0.1) is 25.2 Å². The molecule has 1 aliphatic rings. The van der Waals surface area contributed by atoms with Crippen molar-refractivity contribution in [3.05, 3.63) is 69.9 Å². The highest BCUT2D eigenvalue weighted by molar-refractivity contribution is 5.99. The van der Waals surface area contributed by atoms with Gasteiger partial charge in [0.05, 0.1) is 23.8 Å². The number of nitrogens with two attached hydrogens (primary N) is 1. The maximum atomic E-state index is 13.0. The molecule has 0 bridgehead atoms. The molecule has 2 N–H and O–H groups in total. The molecule has 7 heteroatoms. The fourth-order valence-electron chi connectivity index (χ4n) is 3.28. The second-order valence-electron chi connectivity index (χ2n) is 6.59. The van der Waals surface area contributed by atoms with E-state index >= 15 is 0 Å². The van der Waals surface area contributed by atoms with E-state index in [4.69, 9.17) is 15.2 Å². The summed E-state index contributed by atoms with van der Waals surface area (Å²) in [6.45, 7) is 5.73. The lowest BCUT2D eigenvalue weighted by atomic mass is 9.82. The van der Waals surface area contributed by atoms with Crippen molar-refractivity contribution in [2.24, 2.45) is 12.8 Å². The van der Waals surface area contributed by atoms with Crippen molar-refractivity contribution in [1.82, 2.24) is 9.78 Å². The highest BCUT2D eigenvalue weighted by atomic mass is 16.5. The van der Waals surface area contributed by atoms with Gasteiger partial charge < -0.3 is 15.2 Å². The molecule has 2 aromatic rings. The number of aromatic nitrogens is 2. The predicted octanol–water partition coefficient (Wildman–Crippen LogP) is 2.82. The third-order valence-electron chi connectivity index (χ3n) is 4.56. The van der Waals surface area contributed by atoms with Crippen LogP contribution in [-0.4, -0.2) is 22.4 Å². The van der Waals surface area contributed by atoms with E-state index in [2.05, 4.69) is 11.2 Å². The third kappa shape index (κ3) is 3.37. The topological polar surface area (TPSA) is 103 Å². The SMILES string of the molecule is CCOC(=O)C1=C(c2cc(C)nn2C)OC(N)=C(C#N)[C@H]1c1ccc(C)cc1. The zero-order valence-corrected chi connectivity index (χ0v) is 16.3. The lowest BCUT2D eigenvalue weighted by molar-refractivity contribution is -0.138. The van der Waals surface area contributed by atoms with Gasteiger partial charge in [-0.2, -0.15) is 10.4 Å². The smallest absolute Gasteiger partial charge is 0.338 e. The largest absolute Gasteiger partial charge is 0.463 e. The monoisotopic (exact) mass is 378 g/mol. The Labute approximate surface area is 163 Å². The fraction of sp³-hybridized carbons (Fsp3) is 0.286. The summed E-state index contributed by atoms with van der Waals surface area (Å²) in [7, 11) is 1.75.